The van der Waals surface area contributed by atoms with Crippen molar-refractivity contribution < 1.29 is 19.0 Å². The lowest BCUT2D eigenvalue weighted by molar-refractivity contribution is -0.145. The maximum Gasteiger partial charge on any atom is 0.302 e. The van der Waals surface area contributed by atoms with E-state index in [1.54, 1.807) is 12.4 Å². The van der Waals surface area contributed by atoms with Gasteiger partial charge in [0.1, 0.15) is 0 Å². The summed E-state index contributed by atoms with van der Waals surface area (Å²) >= 11 is 0. The minimum absolute atomic E-state index is 0.00811. The normalized spacial score (nSPS) is 17.3. The maximum absolute atomic E-state index is 10.9. The zero-order valence-corrected chi connectivity index (χ0v) is 18.0. The lowest BCUT2D eigenvalue weighted by atomic mass is 10.0. The van der Waals surface area contributed by atoms with Crippen molar-refractivity contribution >= 4 is 5.97 Å². The molecule has 1 aliphatic rings. The molecule has 6 heteroatoms. The van der Waals surface area contributed by atoms with E-state index in [0.717, 1.165) is 63.5 Å². The number of rotatable bonds is 10. The summed E-state index contributed by atoms with van der Waals surface area (Å²) in [5, 5.41) is 0. The molecular weight excluding hydrogens is 380 g/mol. The van der Waals surface area contributed by atoms with Crippen LogP contribution in [0.3, 0.4) is 0 Å². The molecule has 2 aromatic rings. The predicted octanol–water partition coefficient (Wildman–Crippen LogP) is 5.10. The van der Waals surface area contributed by atoms with E-state index in [4.69, 9.17) is 14.2 Å². The zero-order valence-electron chi connectivity index (χ0n) is 18.0. The summed E-state index contributed by atoms with van der Waals surface area (Å²) < 4.78 is 16.5. The van der Waals surface area contributed by atoms with Gasteiger partial charge in [-0.05, 0) is 51.0 Å². The van der Waals surface area contributed by atoms with E-state index < -0.39 is 0 Å². The highest BCUT2D eigenvalue weighted by Crippen LogP contribution is 2.21. The molecule has 0 radical (unpaired) electrons. The van der Waals surface area contributed by atoms with Crippen LogP contribution in [0, 0.1) is 0 Å². The van der Waals surface area contributed by atoms with Gasteiger partial charge in [-0.3, -0.25) is 4.79 Å². The Kier molecular flexibility index (Phi) is 8.63. The van der Waals surface area contributed by atoms with Crippen LogP contribution in [0.25, 0.3) is 11.4 Å². The van der Waals surface area contributed by atoms with E-state index in [1.807, 2.05) is 6.92 Å². The Morgan fingerprint density at radius 3 is 2.57 bits per heavy atom. The predicted molar refractivity (Wildman–Crippen MR) is 115 cm³/mol. The molecule has 1 aromatic heterocycles. The minimum Gasteiger partial charge on any atom is -0.463 e. The fourth-order valence-electron chi connectivity index (χ4n) is 3.58. The van der Waals surface area contributed by atoms with Crippen molar-refractivity contribution in [1.29, 1.82) is 0 Å². The summed E-state index contributed by atoms with van der Waals surface area (Å²) in [5.41, 5.74) is 2.30. The second-order valence-electron chi connectivity index (χ2n) is 7.87. The number of carbonyl (C=O) groups is 1. The molecule has 0 spiro atoms. The Morgan fingerprint density at radius 2 is 1.90 bits per heavy atom. The van der Waals surface area contributed by atoms with Crippen LogP contribution in [0.5, 0.6) is 5.75 Å². The first-order chi connectivity index (χ1) is 14.6. The number of hydrogen-bond donors (Lipinski definition) is 0. The molecule has 1 saturated heterocycles. The third-order valence-electron chi connectivity index (χ3n) is 5.19. The summed E-state index contributed by atoms with van der Waals surface area (Å²) in [5.74, 6) is 1.13. The number of benzene rings is 1. The number of unbranched alkanes of at least 4 members (excludes halogenated alkanes) is 2. The van der Waals surface area contributed by atoms with Gasteiger partial charge in [-0.15, -0.1) is 0 Å². The van der Waals surface area contributed by atoms with Crippen molar-refractivity contribution in [3.05, 3.63) is 42.2 Å². The summed E-state index contributed by atoms with van der Waals surface area (Å²) in [6.07, 6.45) is 11.7. The second kappa shape index (κ2) is 11.6. The van der Waals surface area contributed by atoms with Gasteiger partial charge >= 0.3 is 5.97 Å². The SMILES string of the molecule is CC(=O)OC(C)CCCCCc1ccc(-c2ncc(OC3CCCCO3)cn2)cc1. The maximum atomic E-state index is 10.9. The smallest absolute Gasteiger partial charge is 0.302 e. The van der Waals surface area contributed by atoms with E-state index in [1.165, 1.54) is 12.5 Å². The molecule has 1 aromatic carbocycles. The average Bonchev–Trinajstić information content (AvgIpc) is 2.75. The molecule has 30 heavy (non-hydrogen) atoms. The first-order valence-electron chi connectivity index (χ1n) is 11.0. The van der Waals surface area contributed by atoms with Gasteiger partial charge in [0.25, 0.3) is 0 Å². The van der Waals surface area contributed by atoms with Gasteiger partial charge in [0, 0.05) is 18.9 Å². The number of nitrogens with zero attached hydrogens (tertiary/aromatic N) is 2. The Morgan fingerprint density at radius 1 is 1.13 bits per heavy atom. The Balaban J connectivity index is 1.41. The van der Waals surface area contributed by atoms with Crippen LogP contribution in [0.1, 0.15) is 64.4 Å². The highest BCUT2D eigenvalue weighted by Gasteiger charge is 2.15. The largest absolute Gasteiger partial charge is 0.463 e. The number of esters is 1. The first-order valence-corrected chi connectivity index (χ1v) is 11.0. The minimum atomic E-state index is -0.202. The number of carbonyl (C=O) groups excluding carboxylic acids is 1. The average molecular weight is 413 g/mol. The Hall–Kier alpha value is -2.47. The lowest BCUT2D eigenvalue weighted by Crippen LogP contribution is -2.25. The third-order valence-corrected chi connectivity index (χ3v) is 5.19. The van der Waals surface area contributed by atoms with Crippen molar-refractivity contribution in [1.82, 2.24) is 9.97 Å². The fraction of sp³-hybridized carbons (Fsp3) is 0.542. The first kappa shape index (κ1) is 22.2. The van der Waals surface area contributed by atoms with Crippen LogP contribution >= 0.6 is 0 Å². The van der Waals surface area contributed by atoms with Gasteiger partial charge in [0.2, 0.25) is 0 Å². The Labute approximate surface area is 179 Å². The molecule has 0 aliphatic carbocycles. The molecule has 0 saturated carbocycles. The van der Waals surface area contributed by atoms with Crippen LogP contribution in [-0.4, -0.2) is 34.9 Å². The van der Waals surface area contributed by atoms with E-state index in [-0.39, 0.29) is 18.4 Å². The van der Waals surface area contributed by atoms with Gasteiger partial charge in [-0.2, -0.15) is 0 Å². The highest BCUT2D eigenvalue weighted by atomic mass is 16.7. The molecule has 2 atom stereocenters. The molecule has 0 N–H and O–H groups in total. The van der Waals surface area contributed by atoms with Gasteiger partial charge < -0.3 is 14.2 Å². The highest BCUT2D eigenvalue weighted by molar-refractivity contribution is 5.66. The van der Waals surface area contributed by atoms with Crippen LogP contribution in [0.2, 0.25) is 0 Å². The van der Waals surface area contributed by atoms with Crippen molar-refractivity contribution in [3.63, 3.8) is 0 Å². The van der Waals surface area contributed by atoms with Crippen molar-refractivity contribution in [2.45, 2.75) is 77.6 Å². The van der Waals surface area contributed by atoms with Gasteiger partial charge in [0.15, 0.2) is 17.9 Å². The topological polar surface area (TPSA) is 70.5 Å². The van der Waals surface area contributed by atoms with E-state index in [0.29, 0.717) is 11.6 Å². The van der Waals surface area contributed by atoms with Crippen LogP contribution in [-0.2, 0) is 20.7 Å². The number of aryl methyl sites for hydroxylation is 1. The standard InChI is InChI=1S/C24H32N2O4/c1-18(29-19(2)27)8-4-3-5-9-20-11-13-21(14-12-20)24-25-16-22(17-26-24)30-23-10-6-7-15-28-23/h11-14,16-18,23H,3-10,15H2,1-2H3. The van der Waals surface area contributed by atoms with E-state index in [2.05, 4.69) is 34.2 Å². The molecule has 1 fully saturated rings. The van der Waals surface area contributed by atoms with Crippen molar-refractivity contribution in [2.75, 3.05) is 6.61 Å². The van der Waals surface area contributed by atoms with Gasteiger partial charge in [0.05, 0.1) is 25.1 Å². The second-order valence-corrected chi connectivity index (χ2v) is 7.87. The number of ether oxygens (including phenoxy) is 3. The molecule has 0 amide bonds. The molecule has 0 bridgehead atoms. The van der Waals surface area contributed by atoms with Gasteiger partial charge in [-0.25, -0.2) is 9.97 Å². The summed E-state index contributed by atoms with van der Waals surface area (Å²) in [4.78, 5) is 19.8. The molecular formula is C24H32N2O4. The Bertz CT molecular complexity index is 771. The third kappa shape index (κ3) is 7.41. The van der Waals surface area contributed by atoms with Crippen LogP contribution < -0.4 is 4.74 Å². The van der Waals surface area contributed by atoms with E-state index >= 15 is 0 Å². The molecule has 1 aliphatic heterocycles. The molecule has 6 nitrogen and oxygen atoms in total. The van der Waals surface area contributed by atoms with Gasteiger partial charge in [-0.1, -0.05) is 30.7 Å². The number of hydrogen-bond acceptors (Lipinski definition) is 6. The summed E-state index contributed by atoms with van der Waals surface area (Å²) in [7, 11) is 0. The quantitative estimate of drug-likeness (QED) is 0.399. The molecule has 2 unspecified atom stereocenters. The molecule has 3 rings (SSSR count). The fourth-order valence-corrected chi connectivity index (χ4v) is 3.58. The van der Waals surface area contributed by atoms with Crippen molar-refractivity contribution in [3.8, 4) is 17.1 Å². The van der Waals surface area contributed by atoms with Crippen LogP contribution in [0.4, 0.5) is 0 Å². The van der Waals surface area contributed by atoms with Crippen molar-refractivity contribution in [2.24, 2.45) is 0 Å². The van der Waals surface area contributed by atoms with Crippen LogP contribution in [0.15, 0.2) is 36.7 Å². The zero-order chi connectivity index (χ0) is 21.2. The van der Waals surface area contributed by atoms with E-state index in [9.17, 15) is 4.79 Å². The summed E-state index contributed by atoms with van der Waals surface area (Å²) in [6.45, 7) is 4.16. The monoisotopic (exact) mass is 412 g/mol. The number of aromatic nitrogens is 2. The molecule has 2 heterocycles. The molecule has 162 valence electrons. The lowest BCUT2D eigenvalue weighted by Gasteiger charge is -2.23. The summed E-state index contributed by atoms with van der Waals surface area (Å²) in [6, 6.07) is 8.41.